The number of urea groups is 1. The van der Waals surface area contributed by atoms with Gasteiger partial charge in [-0.25, -0.2) is 13.2 Å². The number of hydrogen-bond acceptors (Lipinski definition) is 4. The van der Waals surface area contributed by atoms with Crippen LogP contribution in [-0.2, 0) is 10.0 Å². The average molecular weight is 479 g/mol. The van der Waals surface area contributed by atoms with Gasteiger partial charge in [0.05, 0.1) is 4.90 Å². The molecule has 1 aromatic rings. The van der Waals surface area contributed by atoms with E-state index in [2.05, 4.69) is 6.92 Å². The van der Waals surface area contributed by atoms with Crippen LogP contribution in [0.2, 0.25) is 0 Å². The van der Waals surface area contributed by atoms with Crippen molar-refractivity contribution >= 4 is 22.0 Å². The van der Waals surface area contributed by atoms with Gasteiger partial charge in [-0.05, 0) is 69.7 Å². The summed E-state index contributed by atoms with van der Waals surface area (Å²) < 4.78 is 28.4. The second kappa shape index (κ2) is 10.4. The molecule has 8 nitrogen and oxygen atoms in total. The number of benzene rings is 1. The minimum atomic E-state index is -3.66. The van der Waals surface area contributed by atoms with Crippen LogP contribution in [0.25, 0.3) is 0 Å². The maximum Gasteiger partial charge on any atom is 0.320 e. The van der Waals surface area contributed by atoms with Gasteiger partial charge in [0.25, 0.3) is 5.91 Å². The first-order valence-electron chi connectivity index (χ1n) is 12.0. The van der Waals surface area contributed by atoms with Crippen LogP contribution in [0.1, 0.15) is 55.1 Å². The van der Waals surface area contributed by atoms with E-state index >= 15 is 0 Å². The Hall–Kier alpha value is -2.13. The van der Waals surface area contributed by atoms with Crippen molar-refractivity contribution in [2.24, 2.45) is 5.92 Å². The highest BCUT2D eigenvalue weighted by Crippen LogP contribution is 2.28. The molecule has 0 radical (unpaired) electrons. The molecule has 0 unspecified atom stereocenters. The Labute approximate surface area is 198 Å². The zero-order valence-corrected chi connectivity index (χ0v) is 21.4. The molecule has 2 saturated heterocycles. The number of carbonyl (C=O) groups is 2. The third-order valence-electron chi connectivity index (χ3n) is 7.10. The van der Waals surface area contributed by atoms with E-state index in [-0.39, 0.29) is 16.8 Å². The first kappa shape index (κ1) is 25.5. The van der Waals surface area contributed by atoms with Gasteiger partial charge in [0.1, 0.15) is 0 Å². The van der Waals surface area contributed by atoms with E-state index in [1.54, 1.807) is 38.1 Å². The molecule has 184 valence electrons. The van der Waals surface area contributed by atoms with Crippen LogP contribution in [0.15, 0.2) is 17.0 Å². The fraction of sp³-hybridized carbons (Fsp3) is 0.667. The number of piperazine rings is 1. The van der Waals surface area contributed by atoms with Crippen molar-refractivity contribution in [1.82, 2.24) is 19.0 Å². The van der Waals surface area contributed by atoms with Crippen molar-refractivity contribution in [1.29, 1.82) is 0 Å². The fourth-order valence-corrected chi connectivity index (χ4v) is 6.35. The summed E-state index contributed by atoms with van der Waals surface area (Å²) in [7, 11) is -3.66. The molecule has 3 rings (SSSR count). The second-order valence-electron chi connectivity index (χ2n) is 9.24. The van der Waals surface area contributed by atoms with Crippen LogP contribution < -0.4 is 0 Å². The van der Waals surface area contributed by atoms with Gasteiger partial charge >= 0.3 is 6.03 Å². The summed E-state index contributed by atoms with van der Waals surface area (Å²) >= 11 is 0. The monoisotopic (exact) mass is 478 g/mol. The molecule has 2 fully saturated rings. The van der Waals surface area contributed by atoms with Crippen LogP contribution in [-0.4, -0.2) is 91.7 Å². The molecule has 33 heavy (non-hydrogen) atoms. The summed E-state index contributed by atoms with van der Waals surface area (Å²) in [6.07, 6.45) is 1.71. The molecule has 0 aliphatic carbocycles. The highest BCUT2D eigenvalue weighted by atomic mass is 32.2. The van der Waals surface area contributed by atoms with Crippen LogP contribution in [0.5, 0.6) is 0 Å². The van der Waals surface area contributed by atoms with Crippen molar-refractivity contribution in [3.63, 3.8) is 0 Å². The first-order valence-corrected chi connectivity index (χ1v) is 13.5. The molecular weight excluding hydrogens is 440 g/mol. The molecule has 0 aromatic heterocycles. The lowest BCUT2D eigenvalue weighted by Gasteiger charge is -2.37. The number of nitrogens with zero attached hydrogens (tertiary/aromatic N) is 4. The molecule has 9 heteroatoms. The summed E-state index contributed by atoms with van der Waals surface area (Å²) in [4.78, 5) is 31.4. The summed E-state index contributed by atoms with van der Waals surface area (Å²) in [6, 6.07) is 3.33. The quantitative estimate of drug-likeness (QED) is 0.652. The summed E-state index contributed by atoms with van der Waals surface area (Å²) in [6.45, 7) is 13.9. The Morgan fingerprint density at radius 1 is 0.939 bits per heavy atom. The predicted octanol–water partition coefficient (Wildman–Crippen LogP) is 2.94. The number of amides is 3. The van der Waals surface area contributed by atoms with E-state index < -0.39 is 10.0 Å². The number of carbonyl (C=O) groups excluding carboxylic acids is 2. The predicted molar refractivity (Wildman–Crippen MR) is 129 cm³/mol. The standard InChI is InChI=1S/C24H38N4O4S/c1-6-25(7-2)24(30)27-14-12-26(13-15-27)23(29)21-16-19(4)20(5)22(17-21)33(31,32)28-10-8-18(3)9-11-28/h16-18H,6-15H2,1-5H3. The molecule has 0 spiro atoms. The second-order valence-corrected chi connectivity index (χ2v) is 11.1. The van der Waals surface area contributed by atoms with E-state index in [1.807, 2.05) is 20.8 Å². The van der Waals surface area contributed by atoms with Gasteiger partial charge in [0.2, 0.25) is 10.0 Å². The van der Waals surface area contributed by atoms with Crippen LogP contribution in [0.4, 0.5) is 4.79 Å². The Morgan fingerprint density at radius 3 is 2.03 bits per heavy atom. The molecular formula is C24H38N4O4S. The lowest BCUT2D eigenvalue weighted by atomic mass is 10.0. The minimum absolute atomic E-state index is 0.00232. The van der Waals surface area contributed by atoms with Crippen LogP contribution >= 0.6 is 0 Å². The van der Waals surface area contributed by atoms with Gasteiger partial charge in [-0.3, -0.25) is 4.79 Å². The third kappa shape index (κ3) is 5.35. The van der Waals surface area contributed by atoms with Crippen molar-refractivity contribution in [2.75, 3.05) is 52.4 Å². The summed E-state index contributed by atoms with van der Waals surface area (Å²) in [5.74, 6) is 0.344. The van der Waals surface area contributed by atoms with E-state index in [9.17, 15) is 18.0 Å². The SMILES string of the molecule is CCN(CC)C(=O)N1CCN(C(=O)c2cc(C)c(C)c(S(=O)(=O)N3CCC(C)CC3)c2)CC1. The maximum absolute atomic E-state index is 13.4. The van der Waals surface area contributed by atoms with Crippen molar-refractivity contribution in [2.45, 2.75) is 52.4 Å². The van der Waals surface area contributed by atoms with Crippen molar-refractivity contribution in [3.8, 4) is 0 Å². The van der Waals surface area contributed by atoms with Gasteiger partial charge in [0, 0.05) is 57.9 Å². The molecule has 2 aliphatic heterocycles. The number of sulfonamides is 1. The minimum Gasteiger partial charge on any atom is -0.335 e. The van der Waals surface area contributed by atoms with Gasteiger partial charge in [-0.2, -0.15) is 4.31 Å². The normalized spacial score (nSPS) is 18.5. The highest BCUT2D eigenvalue weighted by molar-refractivity contribution is 7.89. The maximum atomic E-state index is 13.4. The van der Waals surface area contributed by atoms with E-state index in [1.165, 1.54) is 0 Å². The smallest absolute Gasteiger partial charge is 0.320 e. The molecule has 0 atom stereocenters. The number of hydrogen-bond donors (Lipinski definition) is 0. The number of piperidine rings is 1. The van der Waals surface area contributed by atoms with Gasteiger partial charge < -0.3 is 14.7 Å². The average Bonchev–Trinajstić information content (AvgIpc) is 2.81. The molecule has 3 amide bonds. The number of rotatable bonds is 5. The Kier molecular flexibility index (Phi) is 8.05. The molecule has 1 aromatic carbocycles. The van der Waals surface area contributed by atoms with Crippen molar-refractivity contribution < 1.29 is 18.0 Å². The summed E-state index contributed by atoms with van der Waals surface area (Å²) in [5, 5.41) is 0. The van der Waals surface area contributed by atoms with E-state index in [0.29, 0.717) is 69.4 Å². The Bertz CT molecular complexity index is 974. The van der Waals surface area contributed by atoms with Crippen molar-refractivity contribution in [3.05, 3.63) is 28.8 Å². The van der Waals surface area contributed by atoms with Crippen LogP contribution in [0.3, 0.4) is 0 Å². The lowest BCUT2D eigenvalue weighted by molar-refractivity contribution is 0.0641. The lowest BCUT2D eigenvalue weighted by Crippen LogP contribution is -2.54. The van der Waals surface area contributed by atoms with Crippen LogP contribution in [0, 0.1) is 19.8 Å². The topological polar surface area (TPSA) is 81.2 Å². The Morgan fingerprint density at radius 2 is 1.48 bits per heavy atom. The highest BCUT2D eigenvalue weighted by Gasteiger charge is 2.32. The van der Waals surface area contributed by atoms with Gasteiger partial charge in [-0.15, -0.1) is 0 Å². The first-order chi connectivity index (χ1) is 15.6. The third-order valence-corrected chi connectivity index (χ3v) is 9.12. The molecule has 0 N–H and O–H groups in total. The summed E-state index contributed by atoms with van der Waals surface area (Å²) in [5.41, 5.74) is 1.88. The zero-order valence-electron chi connectivity index (χ0n) is 20.6. The van der Waals surface area contributed by atoms with Gasteiger partial charge in [-0.1, -0.05) is 6.92 Å². The van der Waals surface area contributed by atoms with E-state index in [0.717, 1.165) is 18.4 Å². The zero-order chi connectivity index (χ0) is 24.3. The number of aryl methyl sites for hydroxylation is 1. The molecule has 2 aliphatic rings. The molecule has 0 bridgehead atoms. The Balaban J connectivity index is 1.77. The molecule has 0 saturated carbocycles. The largest absolute Gasteiger partial charge is 0.335 e. The van der Waals surface area contributed by atoms with E-state index in [4.69, 9.17) is 0 Å². The fourth-order valence-electron chi connectivity index (χ4n) is 4.56. The molecule has 2 heterocycles. The van der Waals surface area contributed by atoms with Gasteiger partial charge in [0.15, 0.2) is 0 Å².